The molecule has 2 amide bonds. The molecule has 0 aromatic heterocycles. The summed E-state index contributed by atoms with van der Waals surface area (Å²) in [4.78, 5) is 23.0. The van der Waals surface area contributed by atoms with Crippen molar-refractivity contribution in [2.24, 2.45) is 0 Å². The van der Waals surface area contributed by atoms with Gasteiger partial charge in [-0.2, -0.15) is 0 Å². The van der Waals surface area contributed by atoms with E-state index in [0.29, 0.717) is 16.9 Å². The zero-order chi connectivity index (χ0) is 14.5. The van der Waals surface area contributed by atoms with Gasteiger partial charge in [0.15, 0.2) is 5.78 Å². The molecule has 0 aliphatic carbocycles. The van der Waals surface area contributed by atoms with E-state index in [0.717, 1.165) is 0 Å². The molecule has 0 saturated carbocycles. The van der Waals surface area contributed by atoms with Gasteiger partial charge in [-0.15, -0.1) is 0 Å². The van der Waals surface area contributed by atoms with E-state index in [-0.39, 0.29) is 5.78 Å². The lowest BCUT2D eigenvalue weighted by molar-refractivity contribution is 0.101. The van der Waals surface area contributed by atoms with Crippen molar-refractivity contribution in [3.63, 3.8) is 0 Å². The zero-order valence-corrected chi connectivity index (χ0v) is 10.8. The summed E-state index contributed by atoms with van der Waals surface area (Å²) in [7, 11) is 0. The van der Waals surface area contributed by atoms with E-state index >= 15 is 0 Å². The average Bonchev–Trinajstić information content (AvgIpc) is 2.38. The van der Waals surface area contributed by atoms with Gasteiger partial charge in [-0.25, -0.2) is 9.18 Å². The van der Waals surface area contributed by atoms with Gasteiger partial charge in [-0.1, -0.05) is 18.2 Å². The van der Waals surface area contributed by atoms with Crippen molar-refractivity contribution in [2.45, 2.75) is 6.92 Å². The largest absolute Gasteiger partial charge is 0.323 e. The summed E-state index contributed by atoms with van der Waals surface area (Å²) in [6, 6.07) is 11.7. The van der Waals surface area contributed by atoms with Gasteiger partial charge in [-0.3, -0.25) is 4.79 Å². The molecule has 0 bridgehead atoms. The summed E-state index contributed by atoms with van der Waals surface area (Å²) < 4.78 is 13.0. The Morgan fingerprint density at radius 3 is 2.15 bits per heavy atom. The number of Topliss-reactive ketones (excluding diaryl/α,β-unsaturated/α-hetero) is 1. The predicted molar refractivity (Wildman–Crippen MR) is 75.5 cm³/mol. The Labute approximate surface area is 115 Å². The molecule has 0 fully saturated rings. The molecule has 0 aliphatic heterocycles. The molecule has 102 valence electrons. The number of rotatable bonds is 3. The van der Waals surface area contributed by atoms with Gasteiger partial charge < -0.3 is 10.6 Å². The highest BCUT2D eigenvalue weighted by atomic mass is 19.1. The maximum Gasteiger partial charge on any atom is 0.323 e. The van der Waals surface area contributed by atoms with Crippen LogP contribution in [0.5, 0.6) is 0 Å². The molecule has 0 spiro atoms. The van der Waals surface area contributed by atoms with Crippen molar-refractivity contribution in [1.82, 2.24) is 0 Å². The molecule has 2 aromatic rings. The second-order valence-corrected chi connectivity index (χ2v) is 4.23. The molecule has 0 radical (unpaired) electrons. The van der Waals surface area contributed by atoms with E-state index in [2.05, 4.69) is 10.6 Å². The number of hydrogen-bond acceptors (Lipinski definition) is 2. The zero-order valence-electron chi connectivity index (χ0n) is 10.8. The Hall–Kier alpha value is -2.69. The lowest BCUT2D eigenvalue weighted by Crippen LogP contribution is -2.19. The molecular weight excluding hydrogens is 259 g/mol. The van der Waals surface area contributed by atoms with Crippen LogP contribution < -0.4 is 10.6 Å². The average molecular weight is 272 g/mol. The molecule has 20 heavy (non-hydrogen) atoms. The SMILES string of the molecule is CC(=O)c1cccc(NC(=O)Nc2cccc(F)c2)c1. The normalized spacial score (nSPS) is 9.90. The fourth-order valence-electron chi connectivity index (χ4n) is 1.68. The van der Waals surface area contributed by atoms with Crippen molar-refractivity contribution in [3.8, 4) is 0 Å². The lowest BCUT2D eigenvalue weighted by atomic mass is 10.1. The molecule has 4 nitrogen and oxygen atoms in total. The van der Waals surface area contributed by atoms with E-state index < -0.39 is 11.8 Å². The maximum absolute atomic E-state index is 13.0. The van der Waals surface area contributed by atoms with Crippen LogP contribution in [0.1, 0.15) is 17.3 Å². The Bertz CT molecular complexity index is 656. The van der Waals surface area contributed by atoms with Crippen LogP contribution in [0.4, 0.5) is 20.6 Å². The first-order chi connectivity index (χ1) is 9.54. The third-order valence-electron chi connectivity index (χ3n) is 2.61. The van der Waals surface area contributed by atoms with E-state index in [1.54, 1.807) is 30.3 Å². The van der Waals surface area contributed by atoms with Crippen molar-refractivity contribution in [1.29, 1.82) is 0 Å². The smallest absolute Gasteiger partial charge is 0.308 e. The fraction of sp³-hybridized carbons (Fsp3) is 0.0667. The number of nitrogens with one attached hydrogen (secondary N) is 2. The van der Waals surface area contributed by atoms with Gasteiger partial charge >= 0.3 is 6.03 Å². The lowest BCUT2D eigenvalue weighted by Gasteiger charge is -2.08. The number of urea groups is 1. The molecular formula is C15H13FN2O2. The summed E-state index contributed by atoms with van der Waals surface area (Å²) in [5.41, 5.74) is 1.35. The molecule has 0 unspecified atom stereocenters. The number of anilines is 2. The second kappa shape index (κ2) is 5.97. The Kier molecular flexibility index (Phi) is 4.10. The summed E-state index contributed by atoms with van der Waals surface area (Å²) in [6.45, 7) is 1.45. The maximum atomic E-state index is 13.0. The van der Waals surface area contributed by atoms with Gasteiger partial charge in [0.05, 0.1) is 0 Å². The van der Waals surface area contributed by atoms with Crippen molar-refractivity contribution in [3.05, 3.63) is 59.9 Å². The van der Waals surface area contributed by atoms with E-state index in [1.165, 1.54) is 25.1 Å². The number of carbonyl (C=O) groups is 2. The Morgan fingerprint density at radius 2 is 1.55 bits per heavy atom. The number of hydrogen-bond donors (Lipinski definition) is 2. The predicted octanol–water partition coefficient (Wildman–Crippen LogP) is 3.67. The molecule has 2 aromatic carbocycles. The number of halogens is 1. The Morgan fingerprint density at radius 1 is 0.950 bits per heavy atom. The van der Waals surface area contributed by atoms with Crippen molar-refractivity contribution >= 4 is 23.2 Å². The minimum Gasteiger partial charge on any atom is -0.308 e. The second-order valence-electron chi connectivity index (χ2n) is 4.23. The van der Waals surface area contributed by atoms with Gasteiger partial charge in [-0.05, 0) is 37.3 Å². The molecule has 5 heteroatoms. The minimum atomic E-state index is -0.503. The Balaban J connectivity index is 2.04. The van der Waals surface area contributed by atoms with Crippen LogP contribution in [0.15, 0.2) is 48.5 Å². The fourth-order valence-corrected chi connectivity index (χ4v) is 1.68. The molecule has 2 N–H and O–H groups in total. The summed E-state index contributed by atoms with van der Waals surface area (Å²) in [5.74, 6) is -0.513. The third-order valence-corrected chi connectivity index (χ3v) is 2.61. The van der Waals surface area contributed by atoms with Crippen LogP contribution in [0, 0.1) is 5.82 Å². The third kappa shape index (κ3) is 3.65. The highest BCUT2D eigenvalue weighted by molar-refractivity contribution is 6.01. The summed E-state index contributed by atoms with van der Waals surface area (Å²) >= 11 is 0. The van der Waals surface area contributed by atoms with E-state index in [9.17, 15) is 14.0 Å². The molecule has 0 saturated heterocycles. The van der Waals surface area contributed by atoms with E-state index in [4.69, 9.17) is 0 Å². The first kappa shape index (κ1) is 13.7. The minimum absolute atomic E-state index is 0.0841. The van der Waals surface area contributed by atoms with Gasteiger partial charge in [0.2, 0.25) is 0 Å². The summed E-state index contributed by atoms with van der Waals surface area (Å²) in [5, 5.41) is 5.09. The van der Waals surface area contributed by atoms with Gasteiger partial charge in [0, 0.05) is 16.9 Å². The highest BCUT2D eigenvalue weighted by Gasteiger charge is 2.05. The molecule has 0 aliphatic rings. The number of benzene rings is 2. The van der Waals surface area contributed by atoms with Crippen LogP contribution in [0.2, 0.25) is 0 Å². The van der Waals surface area contributed by atoms with Gasteiger partial charge in [0.1, 0.15) is 5.82 Å². The summed E-state index contributed by atoms with van der Waals surface area (Å²) in [6.07, 6.45) is 0. The number of amides is 2. The first-order valence-electron chi connectivity index (χ1n) is 5.99. The van der Waals surface area contributed by atoms with Crippen molar-refractivity contribution < 1.29 is 14.0 Å². The molecule has 0 atom stereocenters. The molecule has 2 rings (SSSR count). The quantitative estimate of drug-likeness (QED) is 0.837. The molecule has 0 heterocycles. The monoisotopic (exact) mass is 272 g/mol. The number of carbonyl (C=O) groups excluding carboxylic acids is 2. The van der Waals surface area contributed by atoms with Crippen LogP contribution in [-0.2, 0) is 0 Å². The van der Waals surface area contributed by atoms with Crippen LogP contribution in [0.25, 0.3) is 0 Å². The van der Waals surface area contributed by atoms with Gasteiger partial charge in [0.25, 0.3) is 0 Å². The number of ketones is 1. The van der Waals surface area contributed by atoms with Crippen LogP contribution >= 0.6 is 0 Å². The topological polar surface area (TPSA) is 58.2 Å². The first-order valence-corrected chi connectivity index (χ1v) is 5.99. The standard InChI is InChI=1S/C15H13FN2O2/c1-10(19)11-4-2-6-13(8-11)17-15(20)18-14-7-3-5-12(16)9-14/h2-9H,1H3,(H2,17,18,20). The highest BCUT2D eigenvalue weighted by Crippen LogP contribution is 2.13. The van der Waals surface area contributed by atoms with Crippen LogP contribution in [0.3, 0.4) is 0 Å². The van der Waals surface area contributed by atoms with Crippen molar-refractivity contribution in [2.75, 3.05) is 10.6 Å². The van der Waals surface area contributed by atoms with Crippen LogP contribution in [-0.4, -0.2) is 11.8 Å². The van der Waals surface area contributed by atoms with E-state index in [1.807, 2.05) is 0 Å².